The minimum Gasteiger partial charge on any atom is -0.308 e. The largest absolute Gasteiger partial charge is 0.308 e. The van der Waals surface area contributed by atoms with Crippen molar-refractivity contribution < 1.29 is 0 Å². The van der Waals surface area contributed by atoms with E-state index in [2.05, 4.69) is 32.9 Å². The first-order valence-corrected chi connectivity index (χ1v) is 6.77. The summed E-state index contributed by atoms with van der Waals surface area (Å²) in [6.45, 7) is 5.16. The van der Waals surface area contributed by atoms with Crippen molar-refractivity contribution in [2.24, 2.45) is 7.05 Å². The molecule has 2 aromatic heterocycles. The topological polar surface area (TPSA) is 48.5 Å². The summed E-state index contributed by atoms with van der Waals surface area (Å²) in [7, 11) is 1.95. The number of aryl methyl sites for hydroxylation is 2. The van der Waals surface area contributed by atoms with Gasteiger partial charge in [0.2, 0.25) is 0 Å². The van der Waals surface area contributed by atoms with Crippen molar-refractivity contribution in [3.8, 4) is 11.5 Å². The van der Waals surface area contributed by atoms with E-state index >= 15 is 0 Å². The number of fused-ring (bicyclic) bond motifs is 1. The number of rotatable bonds is 1. The number of hydrogen-bond donors (Lipinski definition) is 0. The molecule has 0 saturated carbocycles. The lowest BCUT2D eigenvalue weighted by Gasteiger charge is -2.19. The molecule has 1 aliphatic rings. The smallest absolute Gasteiger partial charge is 0.182 e. The highest BCUT2D eigenvalue weighted by atomic mass is 32.2. The molecule has 0 saturated heterocycles. The minimum atomic E-state index is 0.430. The van der Waals surface area contributed by atoms with Gasteiger partial charge in [0.05, 0.1) is 10.9 Å². The van der Waals surface area contributed by atoms with Gasteiger partial charge in [0.25, 0.3) is 0 Å². The molecular weight excluding hydrogens is 234 g/mol. The summed E-state index contributed by atoms with van der Waals surface area (Å²) >= 11 is 1.93. The Kier molecular flexibility index (Phi) is 2.47. The fraction of sp³-hybridized carbons (Fsp3) is 0.545. The van der Waals surface area contributed by atoms with Crippen LogP contribution >= 0.6 is 11.8 Å². The zero-order valence-electron chi connectivity index (χ0n) is 10.2. The molecule has 0 fully saturated rings. The lowest BCUT2D eigenvalue weighted by Crippen LogP contribution is -2.15. The summed E-state index contributed by atoms with van der Waals surface area (Å²) in [4.78, 5) is 0. The van der Waals surface area contributed by atoms with Crippen molar-refractivity contribution >= 4 is 11.8 Å². The maximum Gasteiger partial charge on any atom is 0.182 e. The number of nitrogens with zero attached hydrogens (tertiary/aromatic N) is 5. The second-order valence-corrected chi connectivity index (χ2v) is 5.79. The predicted octanol–water partition coefficient (Wildman–Crippen LogP) is 1.79. The Morgan fingerprint density at radius 3 is 2.94 bits per heavy atom. The van der Waals surface area contributed by atoms with Crippen LogP contribution in [0.15, 0.2) is 6.07 Å². The van der Waals surface area contributed by atoms with Gasteiger partial charge in [-0.25, -0.2) is 0 Å². The van der Waals surface area contributed by atoms with Crippen molar-refractivity contribution in [3.63, 3.8) is 0 Å². The van der Waals surface area contributed by atoms with E-state index in [9.17, 15) is 0 Å². The van der Waals surface area contributed by atoms with Gasteiger partial charge in [-0.3, -0.25) is 4.68 Å². The molecule has 1 unspecified atom stereocenters. The van der Waals surface area contributed by atoms with Crippen LogP contribution in [0.2, 0.25) is 0 Å². The molecular formula is C11H15N5S. The normalized spacial score (nSPS) is 19.4. The molecule has 1 atom stereocenters. The molecule has 5 nitrogen and oxygen atoms in total. The van der Waals surface area contributed by atoms with E-state index in [1.807, 2.05) is 30.4 Å². The molecule has 2 aromatic rings. The lowest BCUT2D eigenvalue weighted by molar-refractivity contribution is 0.681. The van der Waals surface area contributed by atoms with Gasteiger partial charge in [-0.2, -0.15) is 5.10 Å². The van der Waals surface area contributed by atoms with Crippen LogP contribution in [0.3, 0.4) is 0 Å². The van der Waals surface area contributed by atoms with E-state index < -0.39 is 0 Å². The van der Waals surface area contributed by atoms with E-state index in [-0.39, 0.29) is 0 Å². The molecule has 0 spiro atoms. The highest BCUT2D eigenvalue weighted by Gasteiger charge is 2.24. The molecule has 6 heteroatoms. The van der Waals surface area contributed by atoms with Gasteiger partial charge in [0.1, 0.15) is 11.5 Å². The van der Waals surface area contributed by atoms with E-state index in [0.29, 0.717) is 5.25 Å². The van der Waals surface area contributed by atoms with Crippen LogP contribution in [0.25, 0.3) is 11.5 Å². The third-order valence-corrected chi connectivity index (χ3v) is 4.19. The zero-order valence-corrected chi connectivity index (χ0v) is 11.0. The van der Waals surface area contributed by atoms with Crippen LogP contribution in [0, 0.1) is 6.92 Å². The molecule has 0 bridgehead atoms. The molecule has 90 valence electrons. The van der Waals surface area contributed by atoms with Crippen LogP contribution in [0.5, 0.6) is 0 Å². The Balaban J connectivity index is 2.13. The first-order valence-electron chi connectivity index (χ1n) is 5.72. The molecule has 1 aliphatic heterocycles. The standard InChI is InChI=1S/C11H15N5S/c1-7-6-9(15(3)14-7)11-13-12-10-8(2)17-5-4-16(10)11/h6,8H,4-5H2,1-3H3. The average Bonchev–Trinajstić information content (AvgIpc) is 2.83. The van der Waals surface area contributed by atoms with Crippen LogP contribution in [0.4, 0.5) is 0 Å². The summed E-state index contributed by atoms with van der Waals surface area (Å²) < 4.78 is 4.09. The predicted molar refractivity (Wildman–Crippen MR) is 67.8 cm³/mol. The highest BCUT2D eigenvalue weighted by molar-refractivity contribution is 7.99. The number of thioether (sulfide) groups is 1. The summed E-state index contributed by atoms with van der Waals surface area (Å²) in [6.07, 6.45) is 0. The van der Waals surface area contributed by atoms with Crippen LogP contribution in [0.1, 0.15) is 23.7 Å². The molecule has 0 N–H and O–H groups in total. The molecule has 0 amide bonds. The van der Waals surface area contributed by atoms with Crippen molar-refractivity contribution in [1.29, 1.82) is 0 Å². The van der Waals surface area contributed by atoms with Crippen molar-refractivity contribution in [2.45, 2.75) is 25.6 Å². The quantitative estimate of drug-likeness (QED) is 0.773. The SMILES string of the molecule is Cc1cc(-c2nnc3n2CCSC3C)n(C)n1. The second-order valence-electron chi connectivity index (χ2n) is 4.34. The van der Waals surface area contributed by atoms with Gasteiger partial charge in [0.15, 0.2) is 5.82 Å². The van der Waals surface area contributed by atoms with Crippen LogP contribution in [-0.4, -0.2) is 30.3 Å². The Bertz CT molecular complexity index is 556. The molecule has 0 radical (unpaired) electrons. The number of hydrogen-bond acceptors (Lipinski definition) is 4. The minimum absolute atomic E-state index is 0.430. The fourth-order valence-corrected chi connectivity index (χ4v) is 3.21. The van der Waals surface area contributed by atoms with E-state index in [4.69, 9.17) is 0 Å². The zero-order chi connectivity index (χ0) is 12.0. The summed E-state index contributed by atoms with van der Waals surface area (Å²) in [6, 6.07) is 2.06. The maximum absolute atomic E-state index is 4.37. The van der Waals surface area contributed by atoms with Gasteiger partial charge in [-0.1, -0.05) is 0 Å². The molecule has 3 heterocycles. The fourth-order valence-electron chi connectivity index (χ4n) is 2.24. The van der Waals surface area contributed by atoms with Crippen LogP contribution < -0.4 is 0 Å². The van der Waals surface area contributed by atoms with Gasteiger partial charge in [-0.15, -0.1) is 22.0 Å². The first-order chi connectivity index (χ1) is 8.16. The Labute approximate surface area is 104 Å². The van der Waals surface area contributed by atoms with Gasteiger partial charge < -0.3 is 4.57 Å². The van der Waals surface area contributed by atoms with Crippen molar-refractivity contribution in [2.75, 3.05) is 5.75 Å². The Morgan fingerprint density at radius 2 is 2.24 bits per heavy atom. The highest BCUT2D eigenvalue weighted by Crippen LogP contribution is 2.33. The van der Waals surface area contributed by atoms with Crippen molar-refractivity contribution in [3.05, 3.63) is 17.6 Å². The van der Waals surface area contributed by atoms with E-state index in [1.54, 1.807) is 0 Å². The first kappa shape index (κ1) is 10.8. The Morgan fingerprint density at radius 1 is 1.41 bits per heavy atom. The summed E-state index contributed by atoms with van der Waals surface area (Å²) in [5.41, 5.74) is 2.05. The summed E-state index contributed by atoms with van der Waals surface area (Å²) in [5.74, 6) is 3.14. The molecule has 0 aromatic carbocycles. The van der Waals surface area contributed by atoms with E-state index in [0.717, 1.165) is 35.3 Å². The Hall–Kier alpha value is -1.30. The maximum atomic E-state index is 4.37. The number of aromatic nitrogens is 5. The third-order valence-electron chi connectivity index (χ3n) is 3.06. The van der Waals surface area contributed by atoms with Crippen molar-refractivity contribution in [1.82, 2.24) is 24.5 Å². The summed E-state index contributed by atoms with van der Waals surface area (Å²) in [5, 5.41) is 13.4. The van der Waals surface area contributed by atoms with Gasteiger partial charge in [-0.05, 0) is 19.9 Å². The molecule has 0 aliphatic carbocycles. The lowest BCUT2D eigenvalue weighted by atomic mass is 10.3. The monoisotopic (exact) mass is 249 g/mol. The third kappa shape index (κ3) is 1.67. The molecule has 17 heavy (non-hydrogen) atoms. The average molecular weight is 249 g/mol. The van der Waals surface area contributed by atoms with Gasteiger partial charge >= 0.3 is 0 Å². The van der Waals surface area contributed by atoms with Crippen LogP contribution in [-0.2, 0) is 13.6 Å². The van der Waals surface area contributed by atoms with Gasteiger partial charge in [0, 0.05) is 19.3 Å². The second kappa shape index (κ2) is 3.87. The van der Waals surface area contributed by atoms with E-state index in [1.165, 1.54) is 0 Å². The molecule has 3 rings (SSSR count).